The van der Waals surface area contributed by atoms with Crippen LogP contribution in [0.5, 0.6) is 0 Å². The molecule has 0 aliphatic heterocycles. The van der Waals surface area contributed by atoms with Crippen LogP contribution in [0.1, 0.15) is 10.4 Å². The van der Waals surface area contributed by atoms with Gasteiger partial charge in [-0.1, -0.05) is 41.9 Å². The third kappa shape index (κ3) is 3.46. The molecule has 0 amide bonds. The van der Waals surface area contributed by atoms with Crippen LogP contribution in [-0.4, -0.2) is 0 Å². The summed E-state index contributed by atoms with van der Waals surface area (Å²) in [6.45, 7) is 2.90. The Kier molecular flexibility index (Phi) is 4.28. The van der Waals surface area contributed by atoms with E-state index in [4.69, 9.17) is 11.6 Å². The molecule has 0 spiro atoms. The van der Waals surface area contributed by atoms with Crippen LogP contribution in [0.4, 0.5) is 5.69 Å². The van der Waals surface area contributed by atoms with Crippen molar-refractivity contribution in [3.05, 3.63) is 76.1 Å². The van der Waals surface area contributed by atoms with Gasteiger partial charge in [-0.2, -0.15) is 0 Å². The van der Waals surface area contributed by atoms with E-state index in [2.05, 4.69) is 48.6 Å². The minimum Gasteiger partial charge on any atom is -0.380 e. The van der Waals surface area contributed by atoms with E-state index < -0.39 is 0 Å². The van der Waals surface area contributed by atoms with E-state index in [0.29, 0.717) is 0 Å². The van der Waals surface area contributed by atoms with Crippen molar-refractivity contribution in [2.45, 2.75) is 13.5 Å². The van der Waals surface area contributed by atoms with Crippen molar-refractivity contribution in [1.82, 2.24) is 0 Å². The van der Waals surface area contributed by atoms with Crippen molar-refractivity contribution in [1.29, 1.82) is 0 Å². The number of halogens is 1. The summed E-state index contributed by atoms with van der Waals surface area (Å²) in [5.74, 6) is 0. The van der Waals surface area contributed by atoms with Crippen LogP contribution in [0.15, 0.2) is 60.7 Å². The summed E-state index contributed by atoms with van der Waals surface area (Å²) in [5, 5.41) is 4.25. The molecule has 0 unspecified atom stereocenters. The maximum Gasteiger partial charge on any atom is 0.0494 e. The summed E-state index contributed by atoms with van der Waals surface area (Å²) < 4.78 is 0. The van der Waals surface area contributed by atoms with Crippen LogP contribution < -0.4 is 5.32 Å². The number of hydrogen-bond donors (Lipinski definition) is 1. The van der Waals surface area contributed by atoms with Crippen LogP contribution in [0, 0.1) is 6.92 Å². The van der Waals surface area contributed by atoms with Gasteiger partial charge in [-0.05, 0) is 48.4 Å². The first kappa shape index (κ1) is 14.2. The lowest BCUT2D eigenvalue weighted by molar-refractivity contribution is 1.18. The Bertz CT molecular complexity index is 734. The fourth-order valence-electron chi connectivity index (χ4n) is 2.24. The largest absolute Gasteiger partial charge is 0.380 e. The van der Waals surface area contributed by atoms with Crippen molar-refractivity contribution in [3.63, 3.8) is 0 Å². The number of anilines is 1. The third-order valence-corrected chi connectivity index (χ3v) is 4.73. The summed E-state index contributed by atoms with van der Waals surface area (Å²) >= 11 is 7.81. The molecule has 1 nitrogen and oxygen atoms in total. The van der Waals surface area contributed by atoms with Gasteiger partial charge in [-0.3, -0.25) is 0 Å². The van der Waals surface area contributed by atoms with E-state index >= 15 is 0 Å². The van der Waals surface area contributed by atoms with E-state index in [1.807, 2.05) is 35.6 Å². The molecular formula is C18H16ClNS. The Morgan fingerprint density at radius 1 is 1.00 bits per heavy atom. The Morgan fingerprint density at radius 2 is 1.81 bits per heavy atom. The van der Waals surface area contributed by atoms with Gasteiger partial charge in [-0.15, -0.1) is 11.3 Å². The zero-order valence-corrected chi connectivity index (χ0v) is 13.3. The topological polar surface area (TPSA) is 12.0 Å². The Labute approximate surface area is 134 Å². The maximum absolute atomic E-state index is 5.98. The summed E-state index contributed by atoms with van der Waals surface area (Å²) in [6, 6.07) is 20.8. The van der Waals surface area contributed by atoms with Gasteiger partial charge in [0, 0.05) is 27.0 Å². The highest BCUT2D eigenvalue weighted by atomic mass is 35.5. The van der Waals surface area contributed by atoms with Gasteiger partial charge in [0.2, 0.25) is 0 Å². The second-order valence-corrected chi connectivity index (χ2v) is 6.55. The summed E-state index contributed by atoms with van der Waals surface area (Å²) in [4.78, 5) is 2.63. The number of nitrogens with one attached hydrogen (secondary N) is 1. The zero-order valence-electron chi connectivity index (χ0n) is 11.8. The van der Waals surface area contributed by atoms with E-state index in [-0.39, 0.29) is 0 Å². The lowest BCUT2D eigenvalue weighted by Crippen LogP contribution is -1.98. The second-order valence-electron chi connectivity index (χ2n) is 4.94. The van der Waals surface area contributed by atoms with Crippen LogP contribution in [-0.2, 0) is 6.54 Å². The molecular weight excluding hydrogens is 298 g/mol. The van der Waals surface area contributed by atoms with E-state index in [9.17, 15) is 0 Å². The van der Waals surface area contributed by atoms with Gasteiger partial charge in [-0.25, -0.2) is 0 Å². The number of rotatable bonds is 4. The lowest BCUT2D eigenvalue weighted by Gasteiger charge is -2.08. The van der Waals surface area contributed by atoms with Gasteiger partial charge in [0.15, 0.2) is 0 Å². The van der Waals surface area contributed by atoms with Gasteiger partial charge < -0.3 is 5.32 Å². The molecule has 1 aromatic heterocycles. The highest BCUT2D eigenvalue weighted by Crippen LogP contribution is 2.28. The maximum atomic E-state index is 5.98. The summed E-state index contributed by atoms with van der Waals surface area (Å²) in [6.07, 6.45) is 0. The standard InChI is InChI=1S/C18H16ClNS/c1-13-11-15(19)7-9-17(13)20-12-16-8-10-18(21-16)14-5-3-2-4-6-14/h2-11,20H,12H2,1H3. The van der Waals surface area contributed by atoms with Crippen molar-refractivity contribution in [2.24, 2.45) is 0 Å². The first-order valence-corrected chi connectivity index (χ1v) is 8.06. The number of thiophene rings is 1. The molecule has 3 rings (SSSR count). The normalized spacial score (nSPS) is 10.6. The zero-order chi connectivity index (χ0) is 14.7. The molecule has 0 bridgehead atoms. The molecule has 0 fully saturated rings. The molecule has 21 heavy (non-hydrogen) atoms. The predicted molar refractivity (Wildman–Crippen MR) is 93.3 cm³/mol. The van der Waals surface area contributed by atoms with Gasteiger partial charge >= 0.3 is 0 Å². The quantitative estimate of drug-likeness (QED) is 0.624. The number of aryl methyl sites for hydroxylation is 1. The van der Waals surface area contributed by atoms with Crippen molar-refractivity contribution in [3.8, 4) is 10.4 Å². The minimum atomic E-state index is 0.778. The number of hydrogen-bond acceptors (Lipinski definition) is 2. The molecule has 0 radical (unpaired) electrons. The van der Waals surface area contributed by atoms with Crippen LogP contribution in [0.3, 0.4) is 0 Å². The fraction of sp³-hybridized carbons (Fsp3) is 0.111. The lowest BCUT2D eigenvalue weighted by atomic mass is 10.2. The first-order valence-electron chi connectivity index (χ1n) is 6.86. The molecule has 1 N–H and O–H groups in total. The van der Waals surface area contributed by atoms with Crippen LogP contribution in [0.2, 0.25) is 5.02 Å². The molecule has 0 atom stereocenters. The fourth-order valence-corrected chi connectivity index (χ4v) is 3.42. The molecule has 0 aliphatic carbocycles. The first-order chi connectivity index (χ1) is 10.2. The molecule has 0 saturated carbocycles. The summed E-state index contributed by atoms with van der Waals surface area (Å²) in [5.41, 5.74) is 3.58. The average Bonchev–Trinajstić information content (AvgIpc) is 2.96. The molecule has 2 aromatic carbocycles. The van der Waals surface area contributed by atoms with Crippen molar-refractivity contribution in [2.75, 3.05) is 5.32 Å². The number of benzene rings is 2. The SMILES string of the molecule is Cc1cc(Cl)ccc1NCc1ccc(-c2ccccc2)s1. The minimum absolute atomic E-state index is 0.778. The molecule has 0 saturated heterocycles. The second kappa shape index (κ2) is 6.33. The van der Waals surface area contributed by atoms with Crippen molar-refractivity contribution >= 4 is 28.6 Å². The Hall–Kier alpha value is -1.77. The van der Waals surface area contributed by atoms with E-state index in [1.165, 1.54) is 20.9 Å². The monoisotopic (exact) mass is 313 g/mol. The predicted octanol–water partition coefficient (Wildman–Crippen LogP) is 5.99. The van der Waals surface area contributed by atoms with Gasteiger partial charge in [0.05, 0.1) is 0 Å². The van der Waals surface area contributed by atoms with E-state index in [1.54, 1.807) is 0 Å². The summed E-state index contributed by atoms with van der Waals surface area (Å²) in [7, 11) is 0. The highest BCUT2D eigenvalue weighted by Gasteiger charge is 2.04. The molecule has 3 heteroatoms. The van der Waals surface area contributed by atoms with Crippen LogP contribution >= 0.6 is 22.9 Å². The Morgan fingerprint density at radius 3 is 2.57 bits per heavy atom. The smallest absolute Gasteiger partial charge is 0.0494 e. The average molecular weight is 314 g/mol. The van der Waals surface area contributed by atoms with E-state index in [0.717, 1.165) is 17.3 Å². The van der Waals surface area contributed by atoms with Gasteiger partial charge in [0.1, 0.15) is 0 Å². The van der Waals surface area contributed by atoms with Gasteiger partial charge in [0.25, 0.3) is 0 Å². The highest BCUT2D eigenvalue weighted by molar-refractivity contribution is 7.15. The van der Waals surface area contributed by atoms with Crippen molar-refractivity contribution < 1.29 is 0 Å². The molecule has 0 aliphatic rings. The molecule has 1 heterocycles. The Balaban J connectivity index is 1.70. The third-order valence-electron chi connectivity index (χ3n) is 3.36. The molecule has 106 valence electrons. The molecule has 3 aromatic rings. The van der Waals surface area contributed by atoms with Crippen LogP contribution in [0.25, 0.3) is 10.4 Å².